The SMILES string of the molecule is CC(C)(S)CC(=O)NCC(O)CO. The summed E-state index contributed by atoms with van der Waals surface area (Å²) in [5, 5.41) is 19.9. The van der Waals surface area contributed by atoms with Gasteiger partial charge >= 0.3 is 0 Å². The summed E-state index contributed by atoms with van der Waals surface area (Å²) in [4.78, 5) is 11.1. The molecule has 0 radical (unpaired) electrons. The van der Waals surface area contributed by atoms with Crippen LogP contribution in [0.15, 0.2) is 0 Å². The van der Waals surface area contributed by atoms with E-state index in [1.807, 2.05) is 13.8 Å². The van der Waals surface area contributed by atoms with Gasteiger partial charge in [0.25, 0.3) is 0 Å². The third-order valence-corrected chi connectivity index (χ3v) is 1.50. The van der Waals surface area contributed by atoms with Crippen LogP contribution in [0.2, 0.25) is 0 Å². The van der Waals surface area contributed by atoms with Gasteiger partial charge in [-0.2, -0.15) is 12.6 Å². The van der Waals surface area contributed by atoms with Gasteiger partial charge in [-0.25, -0.2) is 0 Å². The Bertz CT molecular complexity index is 167. The number of carbonyl (C=O) groups excluding carboxylic acids is 1. The Hall–Kier alpha value is -0.260. The van der Waals surface area contributed by atoms with E-state index >= 15 is 0 Å². The van der Waals surface area contributed by atoms with Crippen molar-refractivity contribution < 1.29 is 15.0 Å². The zero-order valence-corrected chi connectivity index (χ0v) is 8.84. The van der Waals surface area contributed by atoms with Crippen molar-refractivity contribution in [3.8, 4) is 0 Å². The van der Waals surface area contributed by atoms with Crippen molar-refractivity contribution in [2.24, 2.45) is 0 Å². The summed E-state index contributed by atoms with van der Waals surface area (Å²) in [5.41, 5.74) is 0. The van der Waals surface area contributed by atoms with E-state index in [1.54, 1.807) is 0 Å². The van der Waals surface area contributed by atoms with E-state index < -0.39 is 6.10 Å². The number of carbonyl (C=O) groups is 1. The van der Waals surface area contributed by atoms with Crippen molar-refractivity contribution in [2.45, 2.75) is 31.1 Å². The van der Waals surface area contributed by atoms with E-state index in [4.69, 9.17) is 10.2 Å². The predicted molar refractivity (Wildman–Crippen MR) is 53.8 cm³/mol. The third kappa shape index (κ3) is 8.08. The summed E-state index contributed by atoms with van der Waals surface area (Å²) >= 11 is 4.19. The average Bonchev–Trinajstić information content (AvgIpc) is 1.97. The monoisotopic (exact) mass is 207 g/mol. The van der Waals surface area contributed by atoms with E-state index in [1.165, 1.54) is 0 Å². The largest absolute Gasteiger partial charge is 0.394 e. The van der Waals surface area contributed by atoms with Gasteiger partial charge in [0.05, 0.1) is 12.7 Å². The molecule has 1 amide bonds. The van der Waals surface area contributed by atoms with Gasteiger partial charge in [-0.05, 0) is 0 Å². The fourth-order valence-electron chi connectivity index (χ4n) is 0.752. The normalized spacial score (nSPS) is 13.9. The lowest BCUT2D eigenvalue weighted by Crippen LogP contribution is -2.36. The maximum atomic E-state index is 11.1. The van der Waals surface area contributed by atoms with Crippen LogP contribution in [0.4, 0.5) is 0 Å². The summed E-state index contributed by atoms with van der Waals surface area (Å²) in [7, 11) is 0. The van der Waals surface area contributed by atoms with Gasteiger partial charge < -0.3 is 15.5 Å². The molecule has 0 saturated carbocycles. The van der Waals surface area contributed by atoms with Crippen LogP contribution < -0.4 is 5.32 Å². The maximum absolute atomic E-state index is 11.1. The minimum absolute atomic E-state index is 0.0825. The Morgan fingerprint density at radius 3 is 2.54 bits per heavy atom. The molecule has 0 heterocycles. The zero-order chi connectivity index (χ0) is 10.5. The first-order chi connectivity index (χ1) is 5.85. The molecule has 0 aromatic carbocycles. The smallest absolute Gasteiger partial charge is 0.221 e. The second-order valence-electron chi connectivity index (χ2n) is 3.63. The first-order valence-electron chi connectivity index (χ1n) is 4.13. The number of hydrogen-bond acceptors (Lipinski definition) is 4. The molecule has 0 fully saturated rings. The Balaban J connectivity index is 3.64. The van der Waals surface area contributed by atoms with E-state index in [0.29, 0.717) is 0 Å². The van der Waals surface area contributed by atoms with Gasteiger partial charge in [-0.3, -0.25) is 4.79 Å². The van der Waals surface area contributed by atoms with Crippen LogP contribution in [0.5, 0.6) is 0 Å². The summed E-state index contributed by atoms with van der Waals surface area (Å²) < 4.78 is -0.353. The molecule has 5 heteroatoms. The van der Waals surface area contributed by atoms with E-state index in [9.17, 15) is 4.79 Å². The molecule has 78 valence electrons. The topological polar surface area (TPSA) is 69.6 Å². The third-order valence-electron chi connectivity index (χ3n) is 1.34. The second-order valence-corrected chi connectivity index (χ2v) is 4.84. The van der Waals surface area contributed by atoms with Gasteiger partial charge in [0, 0.05) is 17.7 Å². The molecule has 3 N–H and O–H groups in total. The molecule has 13 heavy (non-hydrogen) atoms. The van der Waals surface area contributed by atoms with Gasteiger partial charge in [0.2, 0.25) is 5.91 Å². The van der Waals surface area contributed by atoms with E-state index in [2.05, 4.69) is 17.9 Å². The average molecular weight is 207 g/mol. The van der Waals surface area contributed by atoms with E-state index in [0.717, 1.165) is 0 Å². The Morgan fingerprint density at radius 1 is 1.62 bits per heavy atom. The number of aliphatic hydroxyl groups excluding tert-OH is 2. The molecular weight excluding hydrogens is 190 g/mol. The van der Waals surface area contributed by atoms with Crippen LogP contribution in [0.3, 0.4) is 0 Å². The Labute approximate surface area is 83.7 Å². The van der Waals surface area contributed by atoms with Crippen LogP contribution >= 0.6 is 12.6 Å². The second kappa shape index (κ2) is 5.47. The lowest BCUT2D eigenvalue weighted by atomic mass is 10.1. The number of aliphatic hydroxyl groups is 2. The Kier molecular flexibility index (Phi) is 5.36. The van der Waals surface area contributed by atoms with Crippen LogP contribution in [-0.4, -0.2) is 40.1 Å². The Morgan fingerprint density at radius 2 is 2.15 bits per heavy atom. The van der Waals surface area contributed by atoms with Gasteiger partial charge in [0.1, 0.15) is 0 Å². The number of amides is 1. The van der Waals surface area contributed by atoms with Crippen LogP contribution in [-0.2, 0) is 4.79 Å². The van der Waals surface area contributed by atoms with Crippen molar-refractivity contribution in [2.75, 3.05) is 13.2 Å². The van der Waals surface area contributed by atoms with Crippen LogP contribution in [0, 0.1) is 0 Å². The predicted octanol–water partition coefficient (Wildman–Crippen LogP) is -0.446. The minimum Gasteiger partial charge on any atom is -0.394 e. The molecule has 0 rings (SSSR count). The summed E-state index contributed by atoms with van der Waals surface area (Å²) in [6.45, 7) is 3.40. The van der Waals surface area contributed by atoms with Gasteiger partial charge in [-0.1, -0.05) is 13.8 Å². The van der Waals surface area contributed by atoms with Gasteiger partial charge in [0.15, 0.2) is 0 Å². The highest BCUT2D eigenvalue weighted by molar-refractivity contribution is 7.81. The van der Waals surface area contributed by atoms with E-state index in [-0.39, 0.29) is 30.2 Å². The van der Waals surface area contributed by atoms with Crippen molar-refractivity contribution in [1.82, 2.24) is 5.32 Å². The quantitative estimate of drug-likeness (QED) is 0.462. The molecule has 0 aliphatic carbocycles. The fraction of sp³-hybridized carbons (Fsp3) is 0.875. The lowest BCUT2D eigenvalue weighted by Gasteiger charge is -2.17. The molecular formula is C8H17NO3S. The standard InChI is InChI=1S/C8H17NO3S/c1-8(2,13)3-7(12)9-4-6(11)5-10/h6,10-11,13H,3-5H2,1-2H3,(H,9,12). The number of nitrogens with one attached hydrogen (secondary N) is 1. The van der Waals surface area contributed by atoms with Crippen LogP contribution in [0.25, 0.3) is 0 Å². The molecule has 0 saturated heterocycles. The van der Waals surface area contributed by atoms with Crippen molar-refractivity contribution in [1.29, 1.82) is 0 Å². The highest BCUT2D eigenvalue weighted by atomic mass is 32.1. The molecule has 0 bridgehead atoms. The molecule has 0 aliphatic heterocycles. The number of thiol groups is 1. The fourth-order valence-corrected chi connectivity index (χ4v) is 0.895. The first-order valence-corrected chi connectivity index (χ1v) is 4.58. The first kappa shape index (κ1) is 12.7. The summed E-state index contributed by atoms with van der Waals surface area (Å²) in [5.74, 6) is -0.174. The molecule has 4 nitrogen and oxygen atoms in total. The molecule has 0 aliphatic rings. The molecule has 0 aromatic heterocycles. The van der Waals surface area contributed by atoms with Crippen molar-refractivity contribution >= 4 is 18.5 Å². The lowest BCUT2D eigenvalue weighted by molar-refractivity contribution is -0.122. The van der Waals surface area contributed by atoms with Crippen LogP contribution in [0.1, 0.15) is 20.3 Å². The minimum atomic E-state index is -0.882. The zero-order valence-electron chi connectivity index (χ0n) is 7.95. The number of hydrogen-bond donors (Lipinski definition) is 4. The molecule has 1 atom stereocenters. The highest BCUT2D eigenvalue weighted by Gasteiger charge is 2.17. The molecule has 0 aromatic rings. The maximum Gasteiger partial charge on any atom is 0.221 e. The molecule has 0 spiro atoms. The van der Waals surface area contributed by atoms with Crippen molar-refractivity contribution in [3.63, 3.8) is 0 Å². The number of rotatable bonds is 5. The highest BCUT2D eigenvalue weighted by Crippen LogP contribution is 2.15. The van der Waals surface area contributed by atoms with Crippen molar-refractivity contribution in [3.05, 3.63) is 0 Å². The summed E-state index contributed by atoms with van der Waals surface area (Å²) in [6, 6.07) is 0. The summed E-state index contributed by atoms with van der Waals surface area (Å²) in [6.07, 6.45) is -0.596. The van der Waals surface area contributed by atoms with Gasteiger partial charge in [-0.15, -0.1) is 0 Å². The molecule has 1 unspecified atom stereocenters.